The van der Waals surface area contributed by atoms with Crippen molar-refractivity contribution in [2.45, 2.75) is 81.4 Å². The lowest BCUT2D eigenvalue weighted by atomic mass is 9.80. The normalized spacial score (nSPS) is 34.1. The van der Waals surface area contributed by atoms with E-state index < -0.39 is 30.1 Å². The summed E-state index contributed by atoms with van der Waals surface area (Å²) >= 11 is 0. The van der Waals surface area contributed by atoms with E-state index in [0.29, 0.717) is 38.9 Å². The van der Waals surface area contributed by atoms with E-state index in [0.717, 1.165) is 18.7 Å². The number of methoxy groups -OCH3 is 1. The van der Waals surface area contributed by atoms with Crippen LogP contribution in [0.4, 0.5) is 27.9 Å². The summed E-state index contributed by atoms with van der Waals surface area (Å²) in [5.74, 6) is -0.296. The molecule has 1 aromatic rings. The molecule has 0 spiro atoms. The Balaban J connectivity index is 1.27. The van der Waals surface area contributed by atoms with Crippen LogP contribution in [-0.4, -0.2) is 90.9 Å². The summed E-state index contributed by atoms with van der Waals surface area (Å²) in [6.45, 7) is 1.60. The van der Waals surface area contributed by atoms with Crippen LogP contribution in [0.3, 0.4) is 0 Å². The van der Waals surface area contributed by atoms with Gasteiger partial charge in [-0.25, -0.2) is 18.7 Å². The minimum absolute atomic E-state index is 0.0222. The van der Waals surface area contributed by atoms with Crippen molar-refractivity contribution in [2.24, 2.45) is 5.41 Å². The summed E-state index contributed by atoms with van der Waals surface area (Å²) < 4.78 is 77.8. The Morgan fingerprint density at radius 3 is 2.78 bits per heavy atom. The van der Waals surface area contributed by atoms with E-state index in [4.69, 9.17) is 9.47 Å². The van der Waals surface area contributed by atoms with Crippen LogP contribution in [-0.2, 0) is 20.4 Å². The van der Waals surface area contributed by atoms with Gasteiger partial charge in [0.2, 0.25) is 18.3 Å². The monoisotopic (exact) mass is 533 g/mol. The van der Waals surface area contributed by atoms with Crippen LogP contribution >= 0.6 is 0 Å². The molecule has 4 aliphatic rings. The van der Waals surface area contributed by atoms with Gasteiger partial charge in [0.05, 0.1) is 30.2 Å². The van der Waals surface area contributed by atoms with Crippen molar-refractivity contribution in [1.82, 2.24) is 20.2 Å². The van der Waals surface area contributed by atoms with E-state index in [-0.39, 0.29) is 55.2 Å². The second-order valence-electron chi connectivity index (χ2n) is 10.6. The number of halogens is 5. The summed E-state index contributed by atoms with van der Waals surface area (Å²) in [6, 6.07) is 0.247. The zero-order valence-corrected chi connectivity index (χ0v) is 20.6. The zero-order valence-electron chi connectivity index (χ0n) is 20.6. The molecule has 0 radical (unpaired) electrons. The van der Waals surface area contributed by atoms with Crippen LogP contribution < -0.4 is 10.2 Å². The lowest BCUT2D eigenvalue weighted by Crippen LogP contribution is -2.54. The van der Waals surface area contributed by atoms with Gasteiger partial charge in [-0.3, -0.25) is 4.79 Å². The highest BCUT2D eigenvalue weighted by Gasteiger charge is 2.54. The Morgan fingerprint density at radius 1 is 1.30 bits per heavy atom. The minimum Gasteiger partial charge on any atom is -0.379 e. The Bertz CT molecular complexity index is 984. The molecule has 0 aromatic carbocycles. The molecule has 4 heterocycles. The third-order valence-corrected chi connectivity index (χ3v) is 8.36. The number of nitrogens with one attached hydrogen (secondary N) is 1. The topological polar surface area (TPSA) is 79.8 Å². The third-order valence-electron chi connectivity index (χ3n) is 8.36. The van der Waals surface area contributed by atoms with E-state index >= 15 is 0 Å². The molecule has 3 saturated heterocycles. The first-order chi connectivity index (χ1) is 17.6. The largest absolute Gasteiger partial charge is 0.433 e. The van der Waals surface area contributed by atoms with Gasteiger partial charge in [-0.1, -0.05) is 0 Å². The highest BCUT2D eigenvalue weighted by molar-refractivity contribution is 5.84. The van der Waals surface area contributed by atoms with Gasteiger partial charge in [0.15, 0.2) is 0 Å². The number of piperazine rings is 1. The Kier molecular flexibility index (Phi) is 7.31. The fourth-order valence-electron chi connectivity index (χ4n) is 6.58. The van der Waals surface area contributed by atoms with Crippen molar-refractivity contribution in [3.8, 4) is 0 Å². The van der Waals surface area contributed by atoms with Crippen molar-refractivity contribution in [2.75, 3.05) is 38.3 Å². The average Bonchev–Trinajstić information content (AvgIpc) is 3.58. The van der Waals surface area contributed by atoms with Gasteiger partial charge >= 0.3 is 6.18 Å². The molecule has 2 bridgehead atoms. The molecular formula is C24H32F5N5O3. The second kappa shape index (κ2) is 10.2. The maximum Gasteiger partial charge on any atom is 0.433 e. The van der Waals surface area contributed by atoms with Gasteiger partial charge in [-0.2, -0.15) is 13.2 Å². The first-order valence-corrected chi connectivity index (χ1v) is 12.7. The summed E-state index contributed by atoms with van der Waals surface area (Å²) in [6.07, 6.45) is -4.17. The maximum atomic E-state index is 13.8. The predicted molar refractivity (Wildman–Crippen MR) is 122 cm³/mol. The lowest BCUT2D eigenvalue weighted by molar-refractivity contribution is -0.146. The van der Waals surface area contributed by atoms with E-state index in [1.807, 2.05) is 0 Å². The summed E-state index contributed by atoms with van der Waals surface area (Å²) in [4.78, 5) is 24.9. The second-order valence-corrected chi connectivity index (χ2v) is 10.6. The van der Waals surface area contributed by atoms with E-state index in [9.17, 15) is 26.7 Å². The van der Waals surface area contributed by atoms with E-state index in [1.165, 1.54) is 0 Å². The molecule has 1 aliphatic carbocycles. The number of hydrogen-bond donors (Lipinski definition) is 1. The van der Waals surface area contributed by atoms with Gasteiger partial charge in [0.1, 0.15) is 5.69 Å². The van der Waals surface area contributed by atoms with Crippen molar-refractivity contribution in [3.05, 3.63) is 18.0 Å². The van der Waals surface area contributed by atoms with Gasteiger partial charge in [0, 0.05) is 51.5 Å². The molecule has 4 fully saturated rings. The Hall–Kier alpha value is -2.12. The van der Waals surface area contributed by atoms with Crippen LogP contribution in [0.15, 0.2) is 12.3 Å². The number of fused-ring (bicyclic) bond motifs is 2. The highest BCUT2D eigenvalue weighted by Crippen LogP contribution is 2.47. The molecular weight excluding hydrogens is 501 g/mol. The molecule has 1 N–H and O–H groups in total. The predicted octanol–water partition coefficient (Wildman–Crippen LogP) is 2.87. The van der Waals surface area contributed by atoms with Gasteiger partial charge < -0.3 is 24.6 Å². The van der Waals surface area contributed by atoms with Crippen LogP contribution in [0.2, 0.25) is 0 Å². The number of carbonyl (C=O) groups excluding carboxylic acids is 1. The fraction of sp³-hybridized carbons (Fsp3) is 0.792. The van der Waals surface area contributed by atoms with Crippen molar-refractivity contribution < 1.29 is 36.2 Å². The van der Waals surface area contributed by atoms with Gasteiger partial charge in [-0.15, -0.1) is 0 Å². The smallest absolute Gasteiger partial charge is 0.379 e. The molecule has 6 atom stereocenters. The van der Waals surface area contributed by atoms with Crippen LogP contribution in [0.1, 0.15) is 44.2 Å². The van der Waals surface area contributed by atoms with Crippen LogP contribution in [0, 0.1) is 5.41 Å². The average molecular weight is 534 g/mol. The molecule has 1 aromatic heterocycles. The Labute approximate surface area is 211 Å². The molecule has 37 heavy (non-hydrogen) atoms. The molecule has 206 valence electrons. The number of amides is 1. The molecule has 13 heteroatoms. The molecule has 1 saturated carbocycles. The fourth-order valence-corrected chi connectivity index (χ4v) is 6.58. The molecule has 8 nitrogen and oxygen atoms in total. The van der Waals surface area contributed by atoms with Crippen LogP contribution in [0.25, 0.3) is 0 Å². The maximum absolute atomic E-state index is 13.8. The summed E-state index contributed by atoms with van der Waals surface area (Å²) in [5.41, 5.74) is -2.18. The first-order valence-electron chi connectivity index (χ1n) is 12.7. The number of nitrogens with zero attached hydrogens (tertiary/aromatic N) is 4. The molecule has 1 amide bonds. The zero-order chi connectivity index (χ0) is 26.4. The summed E-state index contributed by atoms with van der Waals surface area (Å²) in [5, 5.41) is 3.53. The van der Waals surface area contributed by atoms with Gasteiger partial charge in [-0.05, 0) is 38.2 Å². The minimum atomic E-state index is -4.58. The van der Waals surface area contributed by atoms with Crippen LogP contribution in [0.5, 0.6) is 0 Å². The number of carbonyl (C=O) groups is 1. The molecule has 5 rings (SSSR count). The molecule has 3 aliphatic heterocycles. The van der Waals surface area contributed by atoms with Crippen molar-refractivity contribution in [1.29, 1.82) is 0 Å². The number of aromatic nitrogens is 2. The number of alkyl halides is 5. The SMILES string of the molecule is CO[C@@H]1COCC[C@@H]1N[C@@H]1CC[C@](CC(F)F)(C(=O)N2C[C@@H]3C[C@H]2CN3c2nccc(C(F)(F)F)n2)C1. The standard InChI is InChI=1S/C24H32F5N5O3/c1-36-18-13-37-7-4-17(18)31-14-2-5-23(9-14,10-20(25)26)21(35)33-11-16-8-15(33)12-34(16)22-30-6-3-19(32-22)24(27,28)29/h3,6,14-18,20,31H,2,4-5,7-13H2,1H3/t14-,15+,16+,17+,18-,23+/m1/s1. The number of rotatable bonds is 7. The quantitative estimate of drug-likeness (QED) is 0.540. The first kappa shape index (κ1) is 26.5. The third kappa shape index (κ3) is 5.26. The van der Waals surface area contributed by atoms with E-state index in [1.54, 1.807) is 16.9 Å². The highest BCUT2D eigenvalue weighted by atomic mass is 19.4. The number of anilines is 1. The summed E-state index contributed by atoms with van der Waals surface area (Å²) in [7, 11) is 1.61. The number of likely N-dealkylation sites (tertiary alicyclic amines) is 1. The van der Waals surface area contributed by atoms with Crippen molar-refractivity contribution in [3.63, 3.8) is 0 Å². The van der Waals surface area contributed by atoms with Gasteiger partial charge in [0.25, 0.3) is 0 Å². The lowest BCUT2D eigenvalue weighted by Gasteiger charge is -2.40. The number of ether oxygens (including phenoxy) is 2. The number of hydrogen-bond acceptors (Lipinski definition) is 7. The van der Waals surface area contributed by atoms with Crippen molar-refractivity contribution >= 4 is 11.9 Å². The molecule has 0 unspecified atom stereocenters. The Morgan fingerprint density at radius 2 is 2.11 bits per heavy atom. The van der Waals surface area contributed by atoms with E-state index in [2.05, 4.69) is 15.3 Å².